The van der Waals surface area contributed by atoms with E-state index < -0.39 is 19.5 Å². The van der Waals surface area contributed by atoms with Gasteiger partial charge in [-0.1, -0.05) is 60.7 Å². The summed E-state index contributed by atoms with van der Waals surface area (Å²) < 4.78 is 12.5. The van der Waals surface area contributed by atoms with Crippen LogP contribution in [0.1, 0.15) is 30.0 Å². The monoisotopic (exact) mass is 333 g/mol. The van der Waals surface area contributed by atoms with Gasteiger partial charge in [0, 0.05) is 12.5 Å². The Morgan fingerprint density at radius 1 is 1.04 bits per heavy atom. The second-order valence-electron chi connectivity index (χ2n) is 5.37. The van der Waals surface area contributed by atoms with Gasteiger partial charge in [-0.05, 0) is 17.5 Å². The van der Waals surface area contributed by atoms with Crippen LogP contribution in [-0.4, -0.2) is 16.0 Å². The second-order valence-corrected chi connectivity index (χ2v) is 7.35. The molecule has 0 heterocycles. The minimum absolute atomic E-state index is 0.00421. The van der Waals surface area contributed by atoms with Gasteiger partial charge < -0.3 is 10.00 Å². The fraction of sp³-hybridized carbons (Fsp3) is 0.235. The van der Waals surface area contributed by atoms with Gasteiger partial charge in [0.15, 0.2) is 0 Å². The fourth-order valence-electron chi connectivity index (χ4n) is 2.38. The van der Waals surface area contributed by atoms with Gasteiger partial charge in [0.05, 0.1) is 6.16 Å². The van der Waals surface area contributed by atoms with Gasteiger partial charge in [-0.3, -0.25) is 9.36 Å². The summed E-state index contributed by atoms with van der Waals surface area (Å²) in [7, 11) is -3.64. The lowest BCUT2D eigenvalue weighted by Crippen LogP contribution is -2.20. The van der Waals surface area contributed by atoms with Crippen LogP contribution in [0.25, 0.3) is 0 Å². The van der Waals surface area contributed by atoms with E-state index in [9.17, 15) is 14.3 Å². The summed E-state index contributed by atoms with van der Waals surface area (Å²) in [6.07, 6.45) is 0.181. The highest BCUT2D eigenvalue weighted by atomic mass is 31.2. The molecule has 0 saturated carbocycles. The first kappa shape index (κ1) is 17.4. The van der Waals surface area contributed by atoms with E-state index in [4.69, 9.17) is 5.11 Å². The maximum absolute atomic E-state index is 12.5. The van der Waals surface area contributed by atoms with Crippen molar-refractivity contribution in [2.75, 3.05) is 0 Å². The standard InChI is InChI=1S/C17H20NO4P/c19-17(20)12-11-16(15-9-5-2-6-10-15)18-23(21,22)13-14-7-3-1-4-8-14/h1-10,16H,11-13H2,(H,19,20)(H2,18,21,22). The lowest BCUT2D eigenvalue weighted by atomic mass is 10.0. The lowest BCUT2D eigenvalue weighted by Gasteiger charge is -2.22. The van der Waals surface area contributed by atoms with Crippen LogP contribution in [0.4, 0.5) is 0 Å². The minimum Gasteiger partial charge on any atom is -0.481 e. The molecule has 0 amide bonds. The highest BCUT2D eigenvalue weighted by Crippen LogP contribution is 2.43. The number of hydrogen-bond donors (Lipinski definition) is 3. The van der Waals surface area contributed by atoms with Crippen molar-refractivity contribution in [1.29, 1.82) is 0 Å². The zero-order chi connectivity index (χ0) is 16.7. The number of aliphatic carboxylic acids is 1. The van der Waals surface area contributed by atoms with E-state index in [1.54, 1.807) is 12.1 Å². The molecule has 23 heavy (non-hydrogen) atoms. The number of rotatable bonds is 8. The minimum atomic E-state index is -3.64. The predicted octanol–water partition coefficient (Wildman–Crippen LogP) is 3.57. The van der Waals surface area contributed by atoms with Crippen LogP contribution in [0.15, 0.2) is 60.7 Å². The van der Waals surface area contributed by atoms with E-state index in [2.05, 4.69) is 5.09 Å². The first-order valence-electron chi connectivity index (χ1n) is 7.36. The van der Waals surface area contributed by atoms with E-state index in [0.29, 0.717) is 0 Å². The Morgan fingerprint density at radius 3 is 2.17 bits per heavy atom. The van der Waals surface area contributed by atoms with Crippen molar-refractivity contribution in [1.82, 2.24) is 5.09 Å². The number of hydrogen-bond acceptors (Lipinski definition) is 2. The van der Waals surface area contributed by atoms with Crippen LogP contribution in [0.2, 0.25) is 0 Å². The summed E-state index contributed by atoms with van der Waals surface area (Å²) in [4.78, 5) is 21.1. The molecule has 0 bridgehead atoms. The van der Waals surface area contributed by atoms with Gasteiger partial charge in [0.2, 0.25) is 0 Å². The van der Waals surface area contributed by atoms with Crippen LogP contribution in [0, 0.1) is 0 Å². The Bertz CT molecular complexity index is 676. The highest BCUT2D eigenvalue weighted by molar-refractivity contribution is 7.55. The largest absolute Gasteiger partial charge is 0.481 e. The Hall–Kier alpha value is -1.94. The molecule has 2 atom stereocenters. The normalized spacial score (nSPS) is 14.8. The smallest absolute Gasteiger partial charge is 0.303 e. The molecule has 0 aromatic heterocycles. The van der Waals surface area contributed by atoms with Gasteiger partial charge in [0.25, 0.3) is 7.52 Å². The molecule has 122 valence electrons. The number of benzene rings is 2. The van der Waals surface area contributed by atoms with Gasteiger partial charge >= 0.3 is 5.97 Å². The van der Waals surface area contributed by atoms with Crippen LogP contribution in [-0.2, 0) is 15.5 Å². The molecular formula is C17H20NO4P. The molecule has 0 radical (unpaired) electrons. The number of carboxylic acid groups (broad SMARTS) is 1. The summed E-state index contributed by atoms with van der Waals surface area (Å²) in [5.41, 5.74) is 1.56. The summed E-state index contributed by atoms with van der Waals surface area (Å²) in [5.74, 6) is -0.927. The first-order valence-corrected chi connectivity index (χ1v) is 9.21. The highest BCUT2D eigenvalue weighted by Gasteiger charge is 2.25. The average molecular weight is 333 g/mol. The summed E-state index contributed by atoms with van der Waals surface area (Å²) in [5, 5.41) is 11.6. The Morgan fingerprint density at radius 2 is 1.61 bits per heavy atom. The molecule has 2 rings (SSSR count). The fourth-order valence-corrected chi connectivity index (χ4v) is 3.94. The van der Waals surface area contributed by atoms with Crippen molar-refractivity contribution in [3.8, 4) is 0 Å². The Kier molecular flexibility index (Phi) is 6.11. The van der Waals surface area contributed by atoms with Crippen molar-refractivity contribution in [3.63, 3.8) is 0 Å². The average Bonchev–Trinajstić information content (AvgIpc) is 2.52. The molecule has 5 nitrogen and oxygen atoms in total. The summed E-state index contributed by atoms with van der Waals surface area (Å²) >= 11 is 0. The van der Waals surface area contributed by atoms with E-state index in [1.807, 2.05) is 48.5 Å². The van der Waals surface area contributed by atoms with Crippen molar-refractivity contribution in [2.24, 2.45) is 0 Å². The molecule has 0 aliphatic rings. The van der Waals surface area contributed by atoms with Crippen LogP contribution in [0.5, 0.6) is 0 Å². The number of carbonyl (C=O) groups is 1. The molecule has 6 heteroatoms. The maximum Gasteiger partial charge on any atom is 0.303 e. The van der Waals surface area contributed by atoms with Crippen LogP contribution < -0.4 is 5.09 Å². The van der Waals surface area contributed by atoms with Crippen molar-refractivity contribution in [2.45, 2.75) is 25.0 Å². The summed E-state index contributed by atoms with van der Waals surface area (Å²) in [6.45, 7) is 0. The molecule has 0 saturated heterocycles. The van der Waals surface area contributed by atoms with E-state index in [-0.39, 0.29) is 19.0 Å². The van der Waals surface area contributed by atoms with Crippen molar-refractivity contribution < 1.29 is 19.4 Å². The number of carboxylic acids is 1. The molecule has 2 unspecified atom stereocenters. The third-order valence-corrected chi connectivity index (χ3v) is 4.96. The molecule has 0 spiro atoms. The Balaban J connectivity index is 2.12. The maximum atomic E-state index is 12.5. The topological polar surface area (TPSA) is 86.6 Å². The molecule has 2 aromatic rings. The second kappa shape index (κ2) is 8.06. The lowest BCUT2D eigenvalue weighted by molar-refractivity contribution is -0.137. The van der Waals surface area contributed by atoms with E-state index in [0.717, 1.165) is 11.1 Å². The third-order valence-electron chi connectivity index (χ3n) is 3.45. The predicted molar refractivity (Wildman–Crippen MR) is 89.2 cm³/mol. The van der Waals surface area contributed by atoms with Gasteiger partial charge in [0.1, 0.15) is 0 Å². The third kappa shape index (κ3) is 5.99. The molecule has 0 aliphatic heterocycles. The zero-order valence-corrected chi connectivity index (χ0v) is 13.5. The molecule has 3 N–H and O–H groups in total. The van der Waals surface area contributed by atoms with Crippen LogP contribution in [0.3, 0.4) is 0 Å². The van der Waals surface area contributed by atoms with Gasteiger partial charge in [-0.15, -0.1) is 0 Å². The molecule has 0 aliphatic carbocycles. The molecule has 2 aromatic carbocycles. The SMILES string of the molecule is O=C(O)CCC(NP(=O)(O)Cc1ccccc1)c1ccccc1. The van der Waals surface area contributed by atoms with E-state index >= 15 is 0 Å². The van der Waals surface area contributed by atoms with Gasteiger partial charge in [-0.2, -0.15) is 0 Å². The number of nitrogens with one attached hydrogen (secondary N) is 1. The first-order chi connectivity index (χ1) is 11.0. The van der Waals surface area contributed by atoms with Crippen molar-refractivity contribution >= 4 is 13.5 Å². The Labute approximate surface area is 135 Å². The van der Waals surface area contributed by atoms with E-state index in [1.165, 1.54) is 0 Å². The van der Waals surface area contributed by atoms with Crippen LogP contribution >= 0.6 is 7.52 Å². The van der Waals surface area contributed by atoms with Gasteiger partial charge in [-0.25, -0.2) is 5.09 Å². The zero-order valence-electron chi connectivity index (χ0n) is 12.6. The molecular weight excluding hydrogens is 313 g/mol. The van der Waals surface area contributed by atoms with Crippen molar-refractivity contribution in [3.05, 3.63) is 71.8 Å². The summed E-state index contributed by atoms with van der Waals surface area (Å²) in [6, 6.07) is 17.7. The quantitative estimate of drug-likeness (QED) is 0.643. The molecule has 0 fully saturated rings.